The summed E-state index contributed by atoms with van der Waals surface area (Å²) >= 11 is 0. The van der Waals surface area contributed by atoms with Gasteiger partial charge in [0.25, 0.3) is 17.4 Å². The van der Waals surface area contributed by atoms with Gasteiger partial charge in [0.2, 0.25) is 0 Å². The zero-order chi connectivity index (χ0) is 15.7. The molecule has 5 heteroatoms. The van der Waals surface area contributed by atoms with Crippen molar-refractivity contribution in [1.29, 1.82) is 0 Å². The standard InChI is InChI=1S/C17H22N2O3/c1-17(16(21)19(2)12-8-4-3-5-9-12)15(20)18-13-10-6-7-11-14(13)22-17/h6-7,10-12H,3-5,8-9H2,1-2H3,(H,18,20). The van der Waals surface area contributed by atoms with Crippen LogP contribution in [0.15, 0.2) is 24.3 Å². The summed E-state index contributed by atoms with van der Waals surface area (Å²) in [7, 11) is 1.78. The van der Waals surface area contributed by atoms with Crippen LogP contribution < -0.4 is 10.1 Å². The summed E-state index contributed by atoms with van der Waals surface area (Å²) in [6, 6.07) is 7.38. The maximum atomic E-state index is 12.9. The summed E-state index contributed by atoms with van der Waals surface area (Å²) in [6.45, 7) is 1.56. The Labute approximate surface area is 130 Å². The number of hydrogen-bond acceptors (Lipinski definition) is 3. The fraction of sp³-hybridized carbons (Fsp3) is 0.529. The van der Waals surface area contributed by atoms with E-state index in [2.05, 4.69) is 5.32 Å². The number of anilines is 1. The minimum absolute atomic E-state index is 0.201. The Morgan fingerprint density at radius 2 is 1.95 bits per heavy atom. The van der Waals surface area contributed by atoms with Crippen molar-refractivity contribution in [3.8, 4) is 5.75 Å². The van der Waals surface area contributed by atoms with E-state index in [1.807, 2.05) is 12.1 Å². The van der Waals surface area contributed by atoms with Crippen molar-refractivity contribution in [2.24, 2.45) is 0 Å². The number of ether oxygens (including phenoxy) is 1. The molecule has 1 saturated carbocycles. The van der Waals surface area contributed by atoms with Crippen LogP contribution in [-0.2, 0) is 9.59 Å². The van der Waals surface area contributed by atoms with Crippen molar-refractivity contribution >= 4 is 17.5 Å². The number of rotatable bonds is 2. The van der Waals surface area contributed by atoms with Gasteiger partial charge in [0.1, 0.15) is 5.75 Å². The van der Waals surface area contributed by atoms with Gasteiger partial charge < -0.3 is 15.0 Å². The third kappa shape index (κ3) is 2.45. The highest BCUT2D eigenvalue weighted by Gasteiger charge is 2.49. The molecule has 2 amide bonds. The van der Waals surface area contributed by atoms with Crippen LogP contribution in [0.3, 0.4) is 0 Å². The Balaban J connectivity index is 1.83. The first kappa shape index (κ1) is 14.9. The molecule has 1 aliphatic heterocycles. The number of carbonyl (C=O) groups excluding carboxylic acids is 2. The second kappa shape index (κ2) is 5.63. The molecule has 1 aliphatic carbocycles. The van der Waals surface area contributed by atoms with Gasteiger partial charge in [0, 0.05) is 13.1 Å². The number of amides is 2. The number of carbonyl (C=O) groups is 2. The van der Waals surface area contributed by atoms with Gasteiger partial charge in [-0.15, -0.1) is 0 Å². The van der Waals surface area contributed by atoms with E-state index in [1.165, 1.54) is 6.42 Å². The Bertz CT molecular complexity index is 595. The highest BCUT2D eigenvalue weighted by atomic mass is 16.5. The van der Waals surface area contributed by atoms with Gasteiger partial charge in [0.05, 0.1) is 5.69 Å². The number of nitrogens with one attached hydrogen (secondary N) is 1. The van der Waals surface area contributed by atoms with Gasteiger partial charge in [-0.25, -0.2) is 0 Å². The number of likely N-dealkylation sites (N-methyl/N-ethyl adjacent to an activating group) is 1. The van der Waals surface area contributed by atoms with E-state index >= 15 is 0 Å². The molecule has 1 heterocycles. The van der Waals surface area contributed by atoms with Crippen LogP contribution in [-0.4, -0.2) is 35.4 Å². The maximum absolute atomic E-state index is 12.9. The van der Waals surface area contributed by atoms with E-state index < -0.39 is 11.5 Å². The molecular formula is C17H22N2O3. The van der Waals surface area contributed by atoms with E-state index in [-0.39, 0.29) is 11.9 Å². The van der Waals surface area contributed by atoms with Gasteiger partial charge in [-0.3, -0.25) is 9.59 Å². The lowest BCUT2D eigenvalue weighted by molar-refractivity contribution is -0.155. The Morgan fingerprint density at radius 3 is 2.68 bits per heavy atom. The molecule has 1 aromatic rings. The normalized spacial score (nSPS) is 24.9. The molecule has 1 aromatic carbocycles. The third-order valence-corrected chi connectivity index (χ3v) is 4.73. The van der Waals surface area contributed by atoms with E-state index in [4.69, 9.17) is 4.74 Å². The first-order chi connectivity index (χ1) is 10.5. The molecule has 0 aromatic heterocycles. The van der Waals surface area contributed by atoms with Crippen LogP contribution in [0, 0.1) is 0 Å². The molecule has 1 atom stereocenters. The van der Waals surface area contributed by atoms with Gasteiger partial charge in [-0.1, -0.05) is 31.4 Å². The monoisotopic (exact) mass is 302 g/mol. The first-order valence-electron chi connectivity index (χ1n) is 7.89. The molecule has 1 unspecified atom stereocenters. The van der Waals surface area contributed by atoms with Crippen LogP contribution in [0.1, 0.15) is 39.0 Å². The van der Waals surface area contributed by atoms with E-state index in [1.54, 1.807) is 31.0 Å². The van der Waals surface area contributed by atoms with Crippen LogP contribution in [0.25, 0.3) is 0 Å². The second-order valence-corrected chi connectivity index (χ2v) is 6.29. The molecule has 0 bridgehead atoms. The van der Waals surface area contributed by atoms with Crippen molar-refractivity contribution in [2.75, 3.05) is 12.4 Å². The SMILES string of the molecule is CN(C(=O)C1(C)Oc2ccccc2NC1=O)C1CCCCC1. The maximum Gasteiger partial charge on any atom is 0.278 e. The highest BCUT2D eigenvalue weighted by Crippen LogP contribution is 2.35. The topological polar surface area (TPSA) is 58.6 Å². The Morgan fingerprint density at radius 1 is 1.27 bits per heavy atom. The number of fused-ring (bicyclic) bond motifs is 1. The summed E-state index contributed by atoms with van der Waals surface area (Å²) in [6.07, 6.45) is 5.48. The molecule has 1 fully saturated rings. The van der Waals surface area contributed by atoms with Crippen LogP contribution in [0.4, 0.5) is 5.69 Å². The van der Waals surface area contributed by atoms with E-state index in [9.17, 15) is 9.59 Å². The molecule has 22 heavy (non-hydrogen) atoms. The van der Waals surface area contributed by atoms with Gasteiger partial charge in [0.15, 0.2) is 0 Å². The van der Waals surface area contributed by atoms with Crippen molar-refractivity contribution in [3.63, 3.8) is 0 Å². The van der Waals surface area contributed by atoms with Crippen molar-refractivity contribution in [1.82, 2.24) is 4.90 Å². The molecule has 3 rings (SSSR count). The van der Waals surface area contributed by atoms with Gasteiger partial charge >= 0.3 is 0 Å². The number of para-hydroxylation sites is 2. The minimum Gasteiger partial charge on any atom is -0.466 e. The molecule has 0 radical (unpaired) electrons. The highest BCUT2D eigenvalue weighted by molar-refractivity contribution is 6.15. The summed E-state index contributed by atoms with van der Waals surface area (Å²) < 4.78 is 5.80. The van der Waals surface area contributed by atoms with Gasteiger partial charge in [-0.05, 0) is 31.9 Å². The van der Waals surface area contributed by atoms with Crippen LogP contribution >= 0.6 is 0 Å². The molecule has 2 aliphatic rings. The predicted molar refractivity (Wildman–Crippen MR) is 83.7 cm³/mol. The smallest absolute Gasteiger partial charge is 0.278 e. The van der Waals surface area contributed by atoms with Crippen molar-refractivity contribution < 1.29 is 14.3 Å². The second-order valence-electron chi connectivity index (χ2n) is 6.29. The number of benzene rings is 1. The fourth-order valence-electron chi connectivity index (χ4n) is 3.28. The lowest BCUT2D eigenvalue weighted by atomic mass is 9.92. The first-order valence-corrected chi connectivity index (χ1v) is 7.89. The summed E-state index contributed by atoms with van der Waals surface area (Å²) in [5.74, 6) is -0.139. The Hall–Kier alpha value is -2.04. The quantitative estimate of drug-likeness (QED) is 0.854. The minimum atomic E-state index is -1.50. The third-order valence-electron chi connectivity index (χ3n) is 4.73. The van der Waals surface area contributed by atoms with E-state index in [0.29, 0.717) is 11.4 Å². The van der Waals surface area contributed by atoms with Crippen molar-refractivity contribution in [3.05, 3.63) is 24.3 Å². The van der Waals surface area contributed by atoms with E-state index in [0.717, 1.165) is 25.7 Å². The number of nitrogens with zero attached hydrogens (tertiary/aromatic N) is 1. The molecular weight excluding hydrogens is 280 g/mol. The lowest BCUT2D eigenvalue weighted by Crippen LogP contribution is -2.60. The molecule has 0 saturated heterocycles. The Kier molecular flexibility index (Phi) is 3.81. The summed E-state index contributed by atoms with van der Waals surface area (Å²) in [4.78, 5) is 27.0. The molecule has 118 valence electrons. The molecule has 5 nitrogen and oxygen atoms in total. The van der Waals surface area contributed by atoms with Crippen molar-refractivity contribution in [2.45, 2.75) is 50.7 Å². The van der Waals surface area contributed by atoms with Crippen LogP contribution in [0.2, 0.25) is 0 Å². The summed E-state index contributed by atoms with van der Waals surface area (Å²) in [5, 5.41) is 2.78. The zero-order valence-electron chi connectivity index (χ0n) is 13.1. The molecule has 1 N–H and O–H groups in total. The fourth-order valence-corrected chi connectivity index (χ4v) is 3.28. The largest absolute Gasteiger partial charge is 0.466 e. The van der Waals surface area contributed by atoms with Crippen LogP contribution in [0.5, 0.6) is 5.75 Å². The van der Waals surface area contributed by atoms with Gasteiger partial charge in [-0.2, -0.15) is 0 Å². The predicted octanol–water partition coefficient (Wildman–Crippen LogP) is 2.57. The average molecular weight is 302 g/mol. The summed E-state index contributed by atoms with van der Waals surface area (Å²) in [5.41, 5.74) is -0.890. The lowest BCUT2D eigenvalue weighted by Gasteiger charge is -2.39. The number of hydrogen-bond donors (Lipinski definition) is 1. The average Bonchev–Trinajstić information content (AvgIpc) is 2.55. The zero-order valence-corrected chi connectivity index (χ0v) is 13.1. The molecule has 0 spiro atoms.